The molecule has 0 aliphatic rings. The molecule has 11 heteroatoms. The van der Waals surface area contributed by atoms with Gasteiger partial charge in [0.05, 0.1) is 12.2 Å². The molecule has 0 saturated carbocycles. The van der Waals surface area contributed by atoms with Crippen molar-refractivity contribution >= 4 is 22.9 Å². The van der Waals surface area contributed by atoms with Crippen LogP contribution in [-0.2, 0) is 17.5 Å². The van der Waals surface area contributed by atoms with E-state index in [1.165, 1.54) is 22.2 Å². The molecule has 3 heterocycles. The number of hydrogen-bond acceptors (Lipinski definition) is 7. The van der Waals surface area contributed by atoms with E-state index >= 15 is 0 Å². The normalized spacial score (nSPS) is 13.4. The van der Waals surface area contributed by atoms with Crippen LogP contribution < -0.4 is 4.90 Å². The highest BCUT2D eigenvalue weighted by Crippen LogP contribution is 2.31. The minimum atomic E-state index is -4.56. The van der Waals surface area contributed by atoms with Gasteiger partial charge in [-0.1, -0.05) is 0 Å². The number of thiazole rings is 1. The first kappa shape index (κ1) is 17.5. The van der Waals surface area contributed by atoms with Gasteiger partial charge in [0.25, 0.3) is 5.78 Å². The average molecular weight is 372 g/mol. The van der Waals surface area contributed by atoms with Crippen molar-refractivity contribution in [2.75, 3.05) is 19.1 Å². The van der Waals surface area contributed by atoms with Crippen molar-refractivity contribution in [1.82, 2.24) is 24.6 Å². The second-order valence-corrected chi connectivity index (χ2v) is 6.27. The van der Waals surface area contributed by atoms with E-state index in [-0.39, 0.29) is 17.7 Å². The van der Waals surface area contributed by atoms with Gasteiger partial charge in [-0.05, 0) is 6.92 Å². The average Bonchev–Trinajstić information content (AvgIpc) is 3.20. The Kier molecular flexibility index (Phi) is 4.60. The third kappa shape index (κ3) is 3.56. The predicted molar refractivity (Wildman–Crippen MR) is 85.4 cm³/mol. The fourth-order valence-corrected chi connectivity index (χ4v) is 3.06. The second kappa shape index (κ2) is 6.56. The Labute approximate surface area is 145 Å². The summed E-state index contributed by atoms with van der Waals surface area (Å²) in [6.45, 7) is 2.19. The molecule has 3 rings (SSSR count). The monoisotopic (exact) mass is 372 g/mol. The van der Waals surface area contributed by atoms with Crippen molar-refractivity contribution in [3.05, 3.63) is 34.2 Å². The topological polar surface area (TPSA) is 68.4 Å². The van der Waals surface area contributed by atoms with Crippen LogP contribution in [0.3, 0.4) is 0 Å². The highest BCUT2D eigenvalue weighted by Gasteiger charge is 2.34. The van der Waals surface area contributed by atoms with Crippen molar-refractivity contribution in [1.29, 1.82) is 0 Å². The fraction of sp³-hybridized carbons (Fsp3) is 0.429. The lowest BCUT2D eigenvalue weighted by atomic mass is 10.3. The van der Waals surface area contributed by atoms with E-state index in [1.807, 2.05) is 12.3 Å². The first-order valence-corrected chi connectivity index (χ1v) is 8.13. The predicted octanol–water partition coefficient (Wildman–Crippen LogP) is 2.94. The quantitative estimate of drug-likeness (QED) is 0.686. The zero-order chi connectivity index (χ0) is 18.2. The highest BCUT2D eigenvalue weighted by molar-refractivity contribution is 7.09. The van der Waals surface area contributed by atoms with Crippen LogP contribution in [0.15, 0.2) is 17.8 Å². The molecule has 0 aromatic carbocycles. The van der Waals surface area contributed by atoms with Crippen LogP contribution in [0.4, 0.5) is 19.0 Å². The fourth-order valence-electron chi connectivity index (χ4n) is 2.22. The summed E-state index contributed by atoms with van der Waals surface area (Å²) in [6.07, 6.45) is -3.53. The molecule has 25 heavy (non-hydrogen) atoms. The lowest BCUT2D eigenvalue weighted by molar-refractivity contribution is -0.141. The van der Waals surface area contributed by atoms with Crippen molar-refractivity contribution < 1.29 is 17.9 Å². The molecule has 7 nitrogen and oxygen atoms in total. The van der Waals surface area contributed by atoms with Gasteiger partial charge in [0.1, 0.15) is 23.3 Å². The summed E-state index contributed by atoms with van der Waals surface area (Å²) < 4.78 is 45.7. The van der Waals surface area contributed by atoms with Crippen LogP contribution in [-0.4, -0.2) is 38.7 Å². The molecule has 1 unspecified atom stereocenters. The zero-order valence-corrected chi connectivity index (χ0v) is 14.5. The number of ether oxygens (including phenoxy) is 1. The van der Waals surface area contributed by atoms with Gasteiger partial charge >= 0.3 is 6.18 Å². The Balaban J connectivity index is 1.92. The number of fused-ring (bicyclic) bond motifs is 1. The number of anilines is 1. The molecule has 0 aliphatic heterocycles. The van der Waals surface area contributed by atoms with Gasteiger partial charge in [0, 0.05) is 25.6 Å². The van der Waals surface area contributed by atoms with Gasteiger partial charge in [-0.15, -0.1) is 11.3 Å². The van der Waals surface area contributed by atoms with E-state index in [9.17, 15) is 13.2 Å². The summed E-state index contributed by atoms with van der Waals surface area (Å²) in [7, 11) is 3.25. The van der Waals surface area contributed by atoms with Crippen molar-refractivity contribution in [2.24, 2.45) is 0 Å². The molecule has 0 amide bonds. The Bertz CT molecular complexity index is 877. The van der Waals surface area contributed by atoms with Crippen LogP contribution in [0.2, 0.25) is 0 Å². The van der Waals surface area contributed by atoms with Gasteiger partial charge in [-0.25, -0.2) is 9.97 Å². The van der Waals surface area contributed by atoms with Gasteiger partial charge in [-0.2, -0.15) is 27.8 Å². The zero-order valence-electron chi connectivity index (χ0n) is 13.7. The van der Waals surface area contributed by atoms with Crippen LogP contribution in [0.1, 0.15) is 29.4 Å². The van der Waals surface area contributed by atoms with E-state index in [0.29, 0.717) is 6.54 Å². The third-order valence-corrected chi connectivity index (χ3v) is 4.64. The molecular weight excluding hydrogens is 357 g/mol. The largest absolute Gasteiger partial charge is 0.433 e. The van der Waals surface area contributed by atoms with Gasteiger partial charge < -0.3 is 9.64 Å². The number of rotatable bonds is 5. The molecule has 0 spiro atoms. The molecule has 0 fully saturated rings. The number of hydrogen-bond donors (Lipinski definition) is 0. The first-order chi connectivity index (χ1) is 11.8. The number of halogens is 3. The van der Waals surface area contributed by atoms with Crippen LogP contribution in [0, 0.1) is 0 Å². The Morgan fingerprint density at radius 1 is 1.36 bits per heavy atom. The van der Waals surface area contributed by atoms with Crippen molar-refractivity contribution in [3.63, 3.8) is 0 Å². The summed E-state index contributed by atoms with van der Waals surface area (Å²) in [5.74, 6) is 0.118. The van der Waals surface area contributed by atoms with E-state index in [0.717, 1.165) is 16.8 Å². The number of methoxy groups -OCH3 is 1. The summed E-state index contributed by atoms with van der Waals surface area (Å²) in [6, 6.07) is 0.951. The van der Waals surface area contributed by atoms with Crippen LogP contribution in [0.5, 0.6) is 0 Å². The second-order valence-electron chi connectivity index (χ2n) is 5.38. The Hall–Kier alpha value is -2.27. The molecule has 0 aliphatic carbocycles. The molecular formula is C14H15F3N6OS. The minimum absolute atomic E-state index is 0.108. The molecule has 134 valence electrons. The molecule has 0 radical (unpaired) electrons. The summed E-state index contributed by atoms with van der Waals surface area (Å²) in [5, 5.41) is 6.61. The lowest BCUT2D eigenvalue weighted by Crippen LogP contribution is -2.22. The van der Waals surface area contributed by atoms with E-state index in [1.54, 1.807) is 19.1 Å². The van der Waals surface area contributed by atoms with Crippen molar-refractivity contribution in [3.8, 4) is 0 Å². The highest BCUT2D eigenvalue weighted by atomic mass is 32.1. The number of nitrogens with zero attached hydrogens (tertiary/aromatic N) is 6. The van der Waals surface area contributed by atoms with E-state index < -0.39 is 11.9 Å². The molecule has 1 atom stereocenters. The van der Waals surface area contributed by atoms with E-state index in [2.05, 4.69) is 20.1 Å². The molecule has 0 saturated heterocycles. The lowest BCUT2D eigenvalue weighted by Gasteiger charge is -2.19. The Morgan fingerprint density at radius 2 is 2.12 bits per heavy atom. The summed E-state index contributed by atoms with van der Waals surface area (Å²) >= 11 is 1.44. The molecule has 3 aromatic rings. The summed E-state index contributed by atoms with van der Waals surface area (Å²) in [4.78, 5) is 13.3. The van der Waals surface area contributed by atoms with Gasteiger partial charge in [0.15, 0.2) is 5.69 Å². The van der Waals surface area contributed by atoms with Crippen LogP contribution in [0.25, 0.3) is 5.78 Å². The minimum Gasteiger partial charge on any atom is -0.375 e. The maximum absolute atomic E-state index is 13.1. The molecule has 3 aromatic heterocycles. The first-order valence-electron chi connectivity index (χ1n) is 7.26. The third-order valence-electron chi connectivity index (χ3n) is 3.58. The smallest absolute Gasteiger partial charge is 0.375 e. The van der Waals surface area contributed by atoms with Crippen LogP contribution >= 0.6 is 11.3 Å². The SMILES string of the molecule is COC(C)c1nc(CN(C)c2cc(C(F)(F)F)nc3ncnn23)cs1. The van der Waals surface area contributed by atoms with E-state index in [4.69, 9.17) is 4.74 Å². The standard InChI is InChI=1S/C14H15F3N6OS/c1-8(24-3)12-20-9(6-25-12)5-22(2)11-4-10(14(15,16)17)21-13-18-7-19-23(11)13/h4,6-8H,5H2,1-3H3. The maximum atomic E-state index is 13.1. The Morgan fingerprint density at radius 3 is 2.80 bits per heavy atom. The molecule has 0 bridgehead atoms. The number of alkyl halides is 3. The van der Waals surface area contributed by atoms with Crippen molar-refractivity contribution in [2.45, 2.75) is 25.7 Å². The van der Waals surface area contributed by atoms with Gasteiger partial charge in [-0.3, -0.25) is 0 Å². The number of aromatic nitrogens is 5. The summed E-state index contributed by atoms with van der Waals surface area (Å²) in [5.41, 5.74) is -0.285. The molecule has 0 N–H and O–H groups in total. The van der Waals surface area contributed by atoms with Gasteiger partial charge in [0.2, 0.25) is 0 Å². The maximum Gasteiger partial charge on any atom is 0.433 e.